The number of halogens is 2. The standard InChI is InChI=1S/C23H22F2N6O/c24-17-7-15(8-18(25)10-17)21-1-2-28-31(21)23(32)19-9-16(13-5-14(19)6-13)12-30-22-20(11-29-30)26-3-4-27-22/h2-4,7-8,10-11,13-14,16,19,21H,1,5-6,9,12H2. The normalized spacial score (nSPS) is 28.8. The first-order valence-corrected chi connectivity index (χ1v) is 11.0. The van der Waals surface area contributed by atoms with Crippen molar-refractivity contribution in [1.82, 2.24) is 24.8 Å². The fourth-order valence-electron chi connectivity index (χ4n) is 5.67. The molecule has 1 amide bonds. The van der Waals surface area contributed by atoms with Crippen LogP contribution in [0.15, 0.2) is 41.9 Å². The van der Waals surface area contributed by atoms with Gasteiger partial charge in [0.1, 0.15) is 17.2 Å². The first-order valence-electron chi connectivity index (χ1n) is 11.0. The second kappa shape index (κ2) is 7.43. The smallest absolute Gasteiger partial charge is 0.246 e. The number of amides is 1. The van der Waals surface area contributed by atoms with Crippen molar-refractivity contribution >= 4 is 23.3 Å². The minimum atomic E-state index is -0.645. The molecule has 4 aliphatic rings. The highest BCUT2D eigenvalue weighted by Gasteiger charge is 2.50. The van der Waals surface area contributed by atoms with E-state index in [0.717, 1.165) is 36.5 Å². The van der Waals surface area contributed by atoms with Gasteiger partial charge in [0.2, 0.25) is 5.91 Å². The predicted molar refractivity (Wildman–Crippen MR) is 112 cm³/mol. The van der Waals surface area contributed by atoms with Crippen molar-refractivity contribution in [3.63, 3.8) is 0 Å². The van der Waals surface area contributed by atoms with E-state index in [1.54, 1.807) is 24.8 Å². The molecule has 9 heteroatoms. The molecule has 3 atom stereocenters. The second-order valence-electron chi connectivity index (χ2n) is 9.12. The largest absolute Gasteiger partial charge is 0.273 e. The highest BCUT2D eigenvalue weighted by molar-refractivity contribution is 5.82. The molecule has 0 radical (unpaired) electrons. The fourth-order valence-corrected chi connectivity index (χ4v) is 5.67. The lowest BCUT2D eigenvalue weighted by Crippen LogP contribution is -2.49. The number of hydrogen-bond acceptors (Lipinski definition) is 5. The lowest BCUT2D eigenvalue weighted by molar-refractivity contribution is -0.147. The zero-order valence-corrected chi connectivity index (χ0v) is 17.3. The van der Waals surface area contributed by atoms with Crippen LogP contribution in [0, 0.1) is 35.3 Å². The van der Waals surface area contributed by atoms with Crippen molar-refractivity contribution in [3.8, 4) is 0 Å². The molecule has 3 heterocycles. The van der Waals surface area contributed by atoms with Gasteiger partial charge in [-0.05, 0) is 54.7 Å². The SMILES string of the molecule is O=C(C1CC(Cn2ncc3nccnc32)C2CC1C2)N1N=CCC1c1cc(F)cc(F)c1. The maximum absolute atomic E-state index is 13.8. The maximum atomic E-state index is 13.8. The molecule has 32 heavy (non-hydrogen) atoms. The summed E-state index contributed by atoms with van der Waals surface area (Å²) >= 11 is 0. The third-order valence-corrected chi connectivity index (χ3v) is 7.32. The number of carbonyl (C=O) groups is 1. The van der Waals surface area contributed by atoms with E-state index in [-0.39, 0.29) is 11.8 Å². The Morgan fingerprint density at radius 1 is 1.03 bits per heavy atom. The van der Waals surface area contributed by atoms with Crippen LogP contribution in [0.2, 0.25) is 0 Å². The molecule has 3 aromatic rings. The number of nitrogens with zero attached hydrogens (tertiary/aromatic N) is 6. The number of fused-ring (bicyclic) bond motifs is 3. The maximum Gasteiger partial charge on any atom is 0.246 e. The molecule has 3 fully saturated rings. The Labute approximate surface area is 183 Å². The summed E-state index contributed by atoms with van der Waals surface area (Å²) in [5, 5.41) is 10.2. The van der Waals surface area contributed by atoms with Crippen LogP contribution in [0.3, 0.4) is 0 Å². The topological polar surface area (TPSA) is 76.3 Å². The number of benzene rings is 1. The Bertz CT molecular complexity index is 1200. The Morgan fingerprint density at radius 2 is 1.81 bits per heavy atom. The molecule has 7 rings (SSSR count). The van der Waals surface area contributed by atoms with Gasteiger partial charge in [-0.1, -0.05) is 0 Å². The van der Waals surface area contributed by atoms with Crippen molar-refractivity contribution < 1.29 is 13.6 Å². The van der Waals surface area contributed by atoms with Gasteiger partial charge in [-0.2, -0.15) is 10.2 Å². The number of aromatic nitrogens is 4. The minimum Gasteiger partial charge on any atom is -0.273 e. The van der Waals surface area contributed by atoms with E-state index in [1.165, 1.54) is 17.1 Å². The first kappa shape index (κ1) is 19.5. The zero-order valence-electron chi connectivity index (χ0n) is 17.3. The van der Waals surface area contributed by atoms with Crippen LogP contribution in [0.25, 0.3) is 11.2 Å². The molecule has 7 nitrogen and oxygen atoms in total. The van der Waals surface area contributed by atoms with Gasteiger partial charge in [-0.3, -0.25) is 4.79 Å². The molecule has 3 saturated carbocycles. The highest BCUT2D eigenvalue weighted by Crippen LogP contribution is 2.53. The Morgan fingerprint density at radius 3 is 2.62 bits per heavy atom. The molecule has 164 valence electrons. The summed E-state index contributed by atoms with van der Waals surface area (Å²) in [6.45, 7) is 0.700. The Balaban J connectivity index is 1.22. The summed E-state index contributed by atoms with van der Waals surface area (Å²) in [5.41, 5.74) is 1.96. The van der Waals surface area contributed by atoms with Crippen LogP contribution >= 0.6 is 0 Å². The average molecular weight is 436 g/mol. The number of hydrazone groups is 1. The molecule has 0 spiro atoms. The second-order valence-corrected chi connectivity index (χ2v) is 9.12. The number of rotatable bonds is 4. The van der Waals surface area contributed by atoms with Crippen LogP contribution in [-0.2, 0) is 11.3 Å². The van der Waals surface area contributed by atoms with Gasteiger partial charge in [0, 0.05) is 43.6 Å². The molecule has 1 aromatic carbocycles. The molecule has 3 aliphatic carbocycles. The van der Waals surface area contributed by atoms with Crippen molar-refractivity contribution in [3.05, 3.63) is 54.0 Å². The average Bonchev–Trinajstić information content (AvgIpc) is 3.39. The van der Waals surface area contributed by atoms with Gasteiger partial charge in [0.15, 0.2) is 5.65 Å². The minimum absolute atomic E-state index is 0.0494. The van der Waals surface area contributed by atoms with Gasteiger partial charge >= 0.3 is 0 Å². The fraction of sp³-hybridized carbons (Fsp3) is 0.435. The van der Waals surface area contributed by atoms with E-state index in [1.807, 2.05) is 4.68 Å². The highest BCUT2D eigenvalue weighted by atomic mass is 19.1. The van der Waals surface area contributed by atoms with Gasteiger partial charge in [0.25, 0.3) is 0 Å². The van der Waals surface area contributed by atoms with Crippen molar-refractivity contribution in [1.29, 1.82) is 0 Å². The van der Waals surface area contributed by atoms with Gasteiger partial charge in [-0.15, -0.1) is 0 Å². The molecule has 2 bridgehead atoms. The molecular formula is C23H22F2N6O. The molecule has 2 aromatic heterocycles. The van der Waals surface area contributed by atoms with Gasteiger partial charge in [0.05, 0.1) is 12.2 Å². The van der Waals surface area contributed by atoms with Crippen LogP contribution in [-0.4, -0.2) is 36.9 Å². The first-order chi connectivity index (χ1) is 15.6. The summed E-state index contributed by atoms with van der Waals surface area (Å²) in [6.07, 6.45) is 9.93. The van der Waals surface area contributed by atoms with Gasteiger partial charge < -0.3 is 0 Å². The van der Waals surface area contributed by atoms with Crippen molar-refractivity contribution in [2.45, 2.75) is 38.3 Å². The van der Waals surface area contributed by atoms with E-state index < -0.39 is 17.7 Å². The summed E-state index contributed by atoms with van der Waals surface area (Å²) < 4.78 is 29.4. The van der Waals surface area contributed by atoms with E-state index in [2.05, 4.69) is 20.2 Å². The van der Waals surface area contributed by atoms with Crippen LogP contribution in [0.1, 0.15) is 37.3 Å². The van der Waals surface area contributed by atoms with Crippen LogP contribution < -0.4 is 0 Å². The molecule has 0 N–H and O–H groups in total. The van der Waals surface area contributed by atoms with E-state index in [4.69, 9.17) is 0 Å². The van der Waals surface area contributed by atoms with E-state index >= 15 is 0 Å². The van der Waals surface area contributed by atoms with Crippen molar-refractivity contribution in [2.24, 2.45) is 28.8 Å². The lowest BCUT2D eigenvalue weighted by atomic mass is 9.55. The molecular weight excluding hydrogens is 414 g/mol. The summed E-state index contributed by atoms with van der Waals surface area (Å²) in [7, 11) is 0. The van der Waals surface area contributed by atoms with E-state index in [9.17, 15) is 13.6 Å². The molecule has 0 saturated heterocycles. The number of hydrogen-bond donors (Lipinski definition) is 0. The summed E-state index contributed by atoms with van der Waals surface area (Å²) in [5.74, 6) is -0.243. The zero-order chi connectivity index (χ0) is 21.8. The Hall–Kier alpha value is -3.23. The number of carbonyl (C=O) groups excluding carboxylic acids is 1. The predicted octanol–water partition coefficient (Wildman–Crippen LogP) is 3.73. The van der Waals surface area contributed by atoms with Crippen LogP contribution in [0.5, 0.6) is 0 Å². The van der Waals surface area contributed by atoms with Gasteiger partial charge in [-0.25, -0.2) is 28.4 Å². The van der Waals surface area contributed by atoms with E-state index in [0.29, 0.717) is 36.3 Å². The van der Waals surface area contributed by atoms with Crippen molar-refractivity contribution in [2.75, 3.05) is 0 Å². The Kier molecular flexibility index (Phi) is 4.51. The summed E-state index contributed by atoms with van der Waals surface area (Å²) in [6, 6.07) is 2.95. The molecule has 1 aliphatic heterocycles. The third kappa shape index (κ3) is 3.18. The lowest BCUT2D eigenvalue weighted by Gasteiger charge is -2.51. The summed E-state index contributed by atoms with van der Waals surface area (Å²) in [4.78, 5) is 22.2. The quantitative estimate of drug-likeness (QED) is 0.625. The third-order valence-electron chi connectivity index (χ3n) is 7.32. The monoisotopic (exact) mass is 436 g/mol. The van der Waals surface area contributed by atoms with Crippen LogP contribution in [0.4, 0.5) is 8.78 Å². The molecule has 3 unspecified atom stereocenters.